The third kappa shape index (κ3) is 3.02. The van der Waals surface area contributed by atoms with Gasteiger partial charge in [0.2, 0.25) is 0 Å². The molecule has 0 aliphatic heterocycles. The molecule has 1 heterocycles. The van der Waals surface area contributed by atoms with Gasteiger partial charge in [-0.3, -0.25) is 4.79 Å². The zero-order valence-corrected chi connectivity index (χ0v) is 11.5. The molecule has 0 bridgehead atoms. The molecule has 0 radical (unpaired) electrons. The predicted molar refractivity (Wildman–Crippen MR) is 74.1 cm³/mol. The monoisotopic (exact) mass is 258 g/mol. The van der Waals surface area contributed by atoms with Gasteiger partial charge in [0.05, 0.1) is 12.1 Å². The summed E-state index contributed by atoms with van der Waals surface area (Å²) < 4.78 is 1.90. The third-order valence-corrected chi connectivity index (χ3v) is 3.34. The fourth-order valence-electron chi connectivity index (χ4n) is 2.00. The molecule has 0 saturated carbocycles. The Morgan fingerprint density at radius 3 is 2.68 bits per heavy atom. The number of nitrogens with zero attached hydrogens (tertiary/aromatic N) is 2. The van der Waals surface area contributed by atoms with E-state index >= 15 is 0 Å². The van der Waals surface area contributed by atoms with Crippen LogP contribution in [0.5, 0.6) is 0 Å². The van der Waals surface area contributed by atoms with E-state index in [0.29, 0.717) is 6.42 Å². The van der Waals surface area contributed by atoms with Gasteiger partial charge in [-0.2, -0.15) is 0 Å². The second-order valence-corrected chi connectivity index (χ2v) is 4.85. The molecule has 2 aromatic rings. The molecular formula is C15H18N2O2. The van der Waals surface area contributed by atoms with Gasteiger partial charge in [-0.25, -0.2) is 4.98 Å². The maximum absolute atomic E-state index is 10.6. The number of hydrogen-bond acceptors (Lipinski definition) is 2. The molecule has 0 amide bonds. The SMILES string of the molecule is Cc1ccc(-c2cn(C)c(CCC(=O)O)n2)cc1C. The Labute approximate surface area is 112 Å². The van der Waals surface area contributed by atoms with Gasteiger partial charge in [0.15, 0.2) is 0 Å². The van der Waals surface area contributed by atoms with E-state index in [2.05, 4.69) is 31.0 Å². The minimum Gasteiger partial charge on any atom is -0.481 e. The molecule has 2 rings (SSSR count). The van der Waals surface area contributed by atoms with E-state index in [-0.39, 0.29) is 6.42 Å². The minimum absolute atomic E-state index is 0.108. The molecule has 100 valence electrons. The fourth-order valence-corrected chi connectivity index (χ4v) is 2.00. The van der Waals surface area contributed by atoms with Crippen LogP contribution in [0.4, 0.5) is 0 Å². The highest BCUT2D eigenvalue weighted by atomic mass is 16.4. The molecule has 0 fully saturated rings. The molecule has 1 aromatic heterocycles. The van der Waals surface area contributed by atoms with Gasteiger partial charge in [-0.15, -0.1) is 0 Å². The topological polar surface area (TPSA) is 55.1 Å². The quantitative estimate of drug-likeness (QED) is 0.917. The Balaban J connectivity index is 2.28. The first kappa shape index (κ1) is 13.3. The Hall–Kier alpha value is -2.10. The molecule has 4 nitrogen and oxygen atoms in total. The number of carboxylic acid groups (broad SMARTS) is 1. The van der Waals surface area contributed by atoms with Crippen LogP contribution in [-0.2, 0) is 18.3 Å². The summed E-state index contributed by atoms with van der Waals surface area (Å²) in [6.45, 7) is 4.16. The first-order chi connectivity index (χ1) is 8.97. The summed E-state index contributed by atoms with van der Waals surface area (Å²) in [6, 6.07) is 6.24. The highest BCUT2D eigenvalue weighted by Crippen LogP contribution is 2.21. The molecule has 0 unspecified atom stereocenters. The maximum Gasteiger partial charge on any atom is 0.303 e. The molecule has 4 heteroatoms. The second kappa shape index (κ2) is 5.26. The zero-order chi connectivity index (χ0) is 14.0. The van der Waals surface area contributed by atoms with Crippen molar-refractivity contribution >= 4 is 5.97 Å². The molecular weight excluding hydrogens is 240 g/mol. The van der Waals surface area contributed by atoms with Crippen molar-refractivity contribution in [2.24, 2.45) is 7.05 Å². The normalized spacial score (nSPS) is 10.7. The molecule has 0 aliphatic carbocycles. The number of aliphatic carboxylic acids is 1. The number of carboxylic acids is 1. The van der Waals surface area contributed by atoms with E-state index in [1.807, 2.05) is 23.9 Å². The van der Waals surface area contributed by atoms with Crippen LogP contribution < -0.4 is 0 Å². The summed E-state index contributed by atoms with van der Waals surface area (Å²) >= 11 is 0. The predicted octanol–water partition coefficient (Wildman–Crippen LogP) is 2.72. The summed E-state index contributed by atoms with van der Waals surface area (Å²) in [7, 11) is 1.90. The standard InChI is InChI=1S/C15H18N2O2/c1-10-4-5-12(8-11(10)2)13-9-17(3)14(16-13)6-7-15(18)19/h4-5,8-9H,6-7H2,1-3H3,(H,18,19). The highest BCUT2D eigenvalue weighted by Gasteiger charge is 2.09. The average Bonchev–Trinajstić information content (AvgIpc) is 2.71. The molecule has 0 saturated heterocycles. The lowest BCUT2D eigenvalue weighted by atomic mass is 10.0. The number of rotatable bonds is 4. The fraction of sp³-hybridized carbons (Fsp3) is 0.333. The largest absolute Gasteiger partial charge is 0.481 e. The van der Waals surface area contributed by atoms with Crippen molar-refractivity contribution in [2.75, 3.05) is 0 Å². The zero-order valence-electron chi connectivity index (χ0n) is 11.5. The van der Waals surface area contributed by atoms with Crippen molar-refractivity contribution < 1.29 is 9.90 Å². The average molecular weight is 258 g/mol. The van der Waals surface area contributed by atoms with Gasteiger partial charge < -0.3 is 9.67 Å². The number of aromatic nitrogens is 2. The van der Waals surface area contributed by atoms with E-state index in [1.165, 1.54) is 11.1 Å². The lowest BCUT2D eigenvalue weighted by Crippen LogP contribution is -2.02. The van der Waals surface area contributed by atoms with Gasteiger partial charge in [0.1, 0.15) is 5.82 Å². The summed E-state index contributed by atoms with van der Waals surface area (Å²) in [5, 5.41) is 8.72. The van der Waals surface area contributed by atoms with Crippen molar-refractivity contribution in [1.29, 1.82) is 0 Å². The van der Waals surface area contributed by atoms with Gasteiger partial charge in [0, 0.05) is 25.2 Å². The van der Waals surface area contributed by atoms with Crippen LogP contribution in [-0.4, -0.2) is 20.6 Å². The van der Waals surface area contributed by atoms with Crippen LogP contribution in [0.15, 0.2) is 24.4 Å². The lowest BCUT2D eigenvalue weighted by Gasteiger charge is -2.02. The van der Waals surface area contributed by atoms with E-state index in [1.54, 1.807) is 0 Å². The van der Waals surface area contributed by atoms with Crippen LogP contribution >= 0.6 is 0 Å². The van der Waals surface area contributed by atoms with E-state index in [0.717, 1.165) is 17.1 Å². The van der Waals surface area contributed by atoms with Gasteiger partial charge >= 0.3 is 5.97 Å². The van der Waals surface area contributed by atoms with Crippen molar-refractivity contribution in [2.45, 2.75) is 26.7 Å². The maximum atomic E-state index is 10.6. The van der Waals surface area contributed by atoms with Crippen molar-refractivity contribution in [1.82, 2.24) is 9.55 Å². The smallest absolute Gasteiger partial charge is 0.303 e. The Morgan fingerprint density at radius 2 is 2.05 bits per heavy atom. The van der Waals surface area contributed by atoms with Crippen molar-refractivity contribution in [3.63, 3.8) is 0 Å². The van der Waals surface area contributed by atoms with Gasteiger partial charge in [-0.1, -0.05) is 12.1 Å². The molecule has 19 heavy (non-hydrogen) atoms. The van der Waals surface area contributed by atoms with Crippen LogP contribution in [0.1, 0.15) is 23.4 Å². The summed E-state index contributed by atoms with van der Waals surface area (Å²) in [5.74, 6) is 0.00589. The summed E-state index contributed by atoms with van der Waals surface area (Å²) in [6.07, 6.45) is 2.51. The first-order valence-corrected chi connectivity index (χ1v) is 6.29. The molecule has 0 spiro atoms. The Bertz CT molecular complexity index is 615. The molecule has 1 N–H and O–H groups in total. The number of hydrogen-bond donors (Lipinski definition) is 1. The second-order valence-electron chi connectivity index (χ2n) is 4.85. The van der Waals surface area contributed by atoms with E-state index in [9.17, 15) is 4.79 Å². The number of imidazole rings is 1. The lowest BCUT2D eigenvalue weighted by molar-refractivity contribution is -0.137. The van der Waals surface area contributed by atoms with E-state index < -0.39 is 5.97 Å². The molecule has 0 atom stereocenters. The number of aryl methyl sites for hydroxylation is 4. The third-order valence-electron chi connectivity index (χ3n) is 3.34. The molecule has 1 aromatic carbocycles. The van der Waals surface area contributed by atoms with E-state index in [4.69, 9.17) is 5.11 Å². The summed E-state index contributed by atoms with van der Waals surface area (Å²) in [5.41, 5.74) is 4.45. The van der Waals surface area contributed by atoms with Crippen LogP contribution in [0.2, 0.25) is 0 Å². The first-order valence-electron chi connectivity index (χ1n) is 6.29. The Kier molecular flexibility index (Phi) is 3.69. The summed E-state index contributed by atoms with van der Waals surface area (Å²) in [4.78, 5) is 15.1. The highest BCUT2D eigenvalue weighted by molar-refractivity contribution is 5.67. The Morgan fingerprint density at radius 1 is 1.32 bits per heavy atom. The van der Waals surface area contributed by atoms with Gasteiger partial charge in [0.25, 0.3) is 0 Å². The van der Waals surface area contributed by atoms with Crippen LogP contribution in [0, 0.1) is 13.8 Å². The number of benzene rings is 1. The van der Waals surface area contributed by atoms with Crippen LogP contribution in [0.25, 0.3) is 11.3 Å². The van der Waals surface area contributed by atoms with Gasteiger partial charge in [-0.05, 0) is 31.0 Å². The molecule has 0 aliphatic rings. The number of carbonyl (C=O) groups is 1. The minimum atomic E-state index is -0.796. The van der Waals surface area contributed by atoms with Crippen molar-refractivity contribution in [3.8, 4) is 11.3 Å². The van der Waals surface area contributed by atoms with Crippen LogP contribution in [0.3, 0.4) is 0 Å². The van der Waals surface area contributed by atoms with Crippen molar-refractivity contribution in [3.05, 3.63) is 41.3 Å².